The van der Waals surface area contributed by atoms with Crippen LogP contribution in [0.5, 0.6) is 5.75 Å². The second-order valence-corrected chi connectivity index (χ2v) is 6.72. The fourth-order valence-corrected chi connectivity index (χ4v) is 3.03. The van der Waals surface area contributed by atoms with Gasteiger partial charge in [0.25, 0.3) is 0 Å². The molecule has 3 rings (SSSR count). The van der Waals surface area contributed by atoms with Crippen LogP contribution in [0, 0.1) is 5.92 Å². The number of hydrogen-bond acceptors (Lipinski definition) is 3. The Balaban J connectivity index is 1.63. The molecule has 0 aliphatic rings. The molecule has 0 saturated carbocycles. The van der Waals surface area contributed by atoms with Crippen molar-refractivity contribution in [3.63, 3.8) is 0 Å². The van der Waals surface area contributed by atoms with Crippen LogP contribution in [0.15, 0.2) is 53.3 Å². The predicted octanol–water partition coefficient (Wildman–Crippen LogP) is 3.39. The smallest absolute Gasteiger partial charge is 0.323 e. The minimum absolute atomic E-state index is 0.212. The van der Waals surface area contributed by atoms with E-state index in [1.807, 2.05) is 24.3 Å². The number of nitrogens with zero attached hydrogens (tertiary/aromatic N) is 1. The van der Waals surface area contributed by atoms with Crippen molar-refractivity contribution in [2.45, 2.75) is 20.4 Å². The molecule has 0 spiro atoms. The Hall–Kier alpha value is -2.53. The number of benzene rings is 2. The van der Waals surface area contributed by atoms with E-state index in [1.54, 1.807) is 0 Å². The van der Waals surface area contributed by atoms with Gasteiger partial charge < -0.3 is 14.7 Å². The topological polar surface area (TPSA) is 61.1 Å². The normalized spacial score (nSPS) is 11.5. The average Bonchev–Trinajstić information content (AvgIpc) is 2.96. The van der Waals surface area contributed by atoms with E-state index in [0.29, 0.717) is 18.3 Å². The zero-order valence-corrected chi connectivity index (χ0v) is 14.8. The van der Waals surface area contributed by atoms with Crippen LogP contribution in [0.25, 0.3) is 11.0 Å². The van der Waals surface area contributed by atoms with Crippen molar-refractivity contribution in [2.75, 3.05) is 19.7 Å². The Labute approximate surface area is 147 Å². The van der Waals surface area contributed by atoms with E-state index in [2.05, 4.69) is 53.0 Å². The van der Waals surface area contributed by atoms with Gasteiger partial charge in [0.2, 0.25) is 0 Å². The van der Waals surface area contributed by atoms with Crippen molar-refractivity contribution in [3.8, 4) is 5.75 Å². The van der Waals surface area contributed by atoms with Crippen molar-refractivity contribution in [1.29, 1.82) is 0 Å². The summed E-state index contributed by atoms with van der Waals surface area (Å²) in [6.45, 7) is 7.79. The number of para-hydroxylation sites is 1. The van der Waals surface area contributed by atoms with Gasteiger partial charge in [0.15, 0.2) is 0 Å². The maximum absolute atomic E-state index is 11.5. The maximum atomic E-state index is 11.5. The summed E-state index contributed by atoms with van der Waals surface area (Å²) >= 11 is 0. The number of hydrogen-bond donors (Lipinski definition) is 2. The predicted molar refractivity (Wildman–Crippen MR) is 101 cm³/mol. The third-order valence-electron chi connectivity index (χ3n) is 4.05. The van der Waals surface area contributed by atoms with E-state index in [0.717, 1.165) is 30.7 Å². The lowest BCUT2D eigenvalue weighted by molar-refractivity contribution is 0.187. The van der Waals surface area contributed by atoms with Crippen molar-refractivity contribution < 1.29 is 4.74 Å². The first kappa shape index (κ1) is 17.3. The average molecular weight is 339 g/mol. The van der Waals surface area contributed by atoms with Crippen LogP contribution in [0.4, 0.5) is 0 Å². The lowest BCUT2D eigenvalue weighted by atomic mass is 10.1. The number of fused-ring (bicyclic) bond motifs is 1. The van der Waals surface area contributed by atoms with Crippen LogP contribution in [0.3, 0.4) is 0 Å². The first-order chi connectivity index (χ1) is 12.1. The Morgan fingerprint density at radius 3 is 2.60 bits per heavy atom. The number of rotatable bonds is 8. The fourth-order valence-electron chi connectivity index (χ4n) is 3.03. The van der Waals surface area contributed by atoms with Crippen LogP contribution >= 0.6 is 0 Å². The highest BCUT2D eigenvalue weighted by atomic mass is 16.5. The summed E-state index contributed by atoms with van der Waals surface area (Å²) in [5, 5.41) is 0. The molecule has 0 saturated heterocycles. The van der Waals surface area contributed by atoms with Crippen molar-refractivity contribution in [3.05, 3.63) is 64.6 Å². The Bertz CT molecular complexity index is 852. The molecular weight excluding hydrogens is 314 g/mol. The molecule has 3 aromatic rings. The van der Waals surface area contributed by atoms with E-state index in [-0.39, 0.29) is 5.69 Å². The van der Waals surface area contributed by atoms with Gasteiger partial charge >= 0.3 is 5.69 Å². The van der Waals surface area contributed by atoms with Crippen LogP contribution in [0.2, 0.25) is 0 Å². The molecule has 2 aromatic carbocycles. The summed E-state index contributed by atoms with van der Waals surface area (Å²) in [5.74, 6) is 1.30. The quantitative estimate of drug-likeness (QED) is 0.661. The van der Waals surface area contributed by atoms with E-state index < -0.39 is 0 Å². The number of aromatic amines is 2. The standard InChI is InChI=1S/C20H25N3O2/c1-15(2)13-23(14-16-7-4-3-5-8-16)11-12-25-18-10-6-9-17-19(18)22-20(24)21-17/h3-10,15H,11-14H2,1-2H3,(H2,21,22,24). The first-order valence-corrected chi connectivity index (χ1v) is 8.72. The molecule has 0 unspecified atom stereocenters. The molecule has 1 aromatic heterocycles. The largest absolute Gasteiger partial charge is 0.490 e. The third kappa shape index (κ3) is 4.73. The van der Waals surface area contributed by atoms with Gasteiger partial charge in [-0.1, -0.05) is 50.2 Å². The Morgan fingerprint density at radius 1 is 1.04 bits per heavy atom. The second-order valence-electron chi connectivity index (χ2n) is 6.72. The van der Waals surface area contributed by atoms with Gasteiger partial charge in [-0.15, -0.1) is 0 Å². The van der Waals surface area contributed by atoms with Crippen LogP contribution in [0.1, 0.15) is 19.4 Å². The SMILES string of the molecule is CC(C)CN(CCOc1cccc2[nH]c(=O)[nH]c12)Cc1ccccc1. The zero-order chi connectivity index (χ0) is 17.6. The molecule has 0 aliphatic heterocycles. The number of H-pyrrole nitrogens is 2. The van der Waals surface area contributed by atoms with Crippen molar-refractivity contribution in [2.24, 2.45) is 5.92 Å². The molecule has 0 fully saturated rings. The molecule has 5 heteroatoms. The summed E-state index contributed by atoms with van der Waals surface area (Å²) in [7, 11) is 0. The molecule has 0 amide bonds. The third-order valence-corrected chi connectivity index (χ3v) is 4.05. The molecule has 0 bridgehead atoms. The lowest BCUT2D eigenvalue weighted by Crippen LogP contribution is -2.31. The summed E-state index contributed by atoms with van der Waals surface area (Å²) in [5.41, 5.74) is 2.59. The number of ether oxygens (including phenoxy) is 1. The van der Waals surface area contributed by atoms with Crippen LogP contribution in [-0.4, -0.2) is 34.6 Å². The highest BCUT2D eigenvalue weighted by Crippen LogP contribution is 2.21. The highest BCUT2D eigenvalue weighted by Gasteiger charge is 2.10. The molecule has 0 radical (unpaired) electrons. The monoisotopic (exact) mass is 339 g/mol. The fraction of sp³-hybridized carbons (Fsp3) is 0.350. The Morgan fingerprint density at radius 2 is 1.84 bits per heavy atom. The summed E-state index contributed by atoms with van der Waals surface area (Å²) in [6.07, 6.45) is 0. The van der Waals surface area contributed by atoms with Crippen molar-refractivity contribution in [1.82, 2.24) is 14.9 Å². The zero-order valence-electron chi connectivity index (χ0n) is 14.8. The summed E-state index contributed by atoms with van der Waals surface area (Å²) in [4.78, 5) is 19.4. The molecule has 2 N–H and O–H groups in total. The first-order valence-electron chi connectivity index (χ1n) is 8.72. The molecule has 0 atom stereocenters. The molecular formula is C20H25N3O2. The van der Waals surface area contributed by atoms with Gasteiger partial charge in [0, 0.05) is 19.6 Å². The van der Waals surface area contributed by atoms with Gasteiger partial charge in [-0.3, -0.25) is 4.90 Å². The van der Waals surface area contributed by atoms with E-state index in [1.165, 1.54) is 5.56 Å². The summed E-state index contributed by atoms with van der Waals surface area (Å²) in [6, 6.07) is 16.1. The van der Waals surface area contributed by atoms with Gasteiger partial charge in [0.05, 0.1) is 5.52 Å². The highest BCUT2D eigenvalue weighted by molar-refractivity contribution is 5.80. The summed E-state index contributed by atoms with van der Waals surface area (Å²) < 4.78 is 5.95. The van der Waals surface area contributed by atoms with E-state index in [9.17, 15) is 4.79 Å². The molecule has 25 heavy (non-hydrogen) atoms. The number of nitrogens with one attached hydrogen (secondary N) is 2. The number of imidazole rings is 1. The van der Waals surface area contributed by atoms with E-state index in [4.69, 9.17) is 4.74 Å². The van der Waals surface area contributed by atoms with E-state index >= 15 is 0 Å². The lowest BCUT2D eigenvalue weighted by Gasteiger charge is -2.24. The van der Waals surface area contributed by atoms with Gasteiger partial charge in [-0.25, -0.2) is 4.79 Å². The second kappa shape index (κ2) is 8.03. The maximum Gasteiger partial charge on any atom is 0.323 e. The van der Waals surface area contributed by atoms with Crippen LogP contribution in [-0.2, 0) is 6.54 Å². The van der Waals surface area contributed by atoms with Gasteiger partial charge in [-0.2, -0.15) is 0 Å². The van der Waals surface area contributed by atoms with Crippen LogP contribution < -0.4 is 10.4 Å². The minimum atomic E-state index is -0.212. The molecule has 0 aliphatic carbocycles. The van der Waals surface area contributed by atoms with Gasteiger partial charge in [0.1, 0.15) is 17.9 Å². The Kier molecular flexibility index (Phi) is 5.56. The van der Waals surface area contributed by atoms with Crippen molar-refractivity contribution >= 4 is 11.0 Å². The number of aromatic nitrogens is 2. The minimum Gasteiger partial charge on any atom is -0.490 e. The molecule has 132 valence electrons. The molecule has 1 heterocycles. The molecule has 5 nitrogen and oxygen atoms in total. The van der Waals surface area contributed by atoms with Gasteiger partial charge in [-0.05, 0) is 23.6 Å².